The molecule has 1 N–H and O–H groups in total. The molecular formula is C30H42O2. The van der Waals surface area contributed by atoms with Crippen molar-refractivity contribution in [3.8, 4) is 5.75 Å². The fraction of sp³-hybridized carbons (Fsp3) is 0.700. The predicted molar refractivity (Wildman–Crippen MR) is 131 cm³/mol. The Kier molecular flexibility index (Phi) is 6.76. The van der Waals surface area contributed by atoms with Crippen molar-refractivity contribution in [1.82, 2.24) is 0 Å². The first-order chi connectivity index (χ1) is 15.7. The van der Waals surface area contributed by atoms with Crippen molar-refractivity contribution in [3.05, 3.63) is 41.0 Å². The second-order valence-electron chi connectivity index (χ2n) is 11.4. The van der Waals surface area contributed by atoms with E-state index in [0.717, 1.165) is 6.42 Å². The number of carbonyl (C=O) groups is 1. The highest BCUT2D eigenvalue weighted by Gasteiger charge is 2.42. The Hall–Kier alpha value is -1.57. The number of rotatable bonds is 4. The quantitative estimate of drug-likeness (QED) is 0.486. The van der Waals surface area contributed by atoms with Crippen molar-refractivity contribution < 1.29 is 9.90 Å². The molecule has 0 saturated heterocycles. The summed E-state index contributed by atoms with van der Waals surface area (Å²) in [5.74, 6) is 2.38. The van der Waals surface area contributed by atoms with Crippen LogP contribution in [0.15, 0.2) is 29.8 Å². The van der Waals surface area contributed by atoms with Crippen molar-refractivity contribution >= 4 is 5.78 Å². The molecule has 1 aromatic rings. The molecule has 2 nitrogen and oxygen atoms in total. The molecule has 1 aromatic carbocycles. The molecule has 4 aliphatic rings. The molecule has 0 heterocycles. The van der Waals surface area contributed by atoms with Crippen LogP contribution in [0.2, 0.25) is 0 Å². The SMILES string of the molecule is O=C1CC=C(C2(c3ccc(O)c(C4CCCCC4)c3)CCCCC2)CC1C1CCCCC1. The fourth-order valence-corrected chi connectivity index (χ4v) is 7.71. The number of phenolic OH excluding ortho intramolecular Hbond substituents is 1. The number of benzene rings is 1. The molecule has 174 valence electrons. The van der Waals surface area contributed by atoms with Crippen LogP contribution in [0.4, 0.5) is 0 Å². The minimum Gasteiger partial charge on any atom is -0.508 e. The zero-order valence-electron chi connectivity index (χ0n) is 19.9. The summed E-state index contributed by atoms with van der Waals surface area (Å²) in [6.45, 7) is 0. The topological polar surface area (TPSA) is 37.3 Å². The Morgan fingerprint density at radius 3 is 2.19 bits per heavy atom. The first-order valence-electron chi connectivity index (χ1n) is 13.7. The van der Waals surface area contributed by atoms with E-state index < -0.39 is 0 Å². The van der Waals surface area contributed by atoms with Gasteiger partial charge in [0.15, 0.2) is 0 Å². The van der Waals surface area contributed by atoms with Crippen molar-refractivity contribution in [2.75, 3.05) is 0 Å². The van der Waals surface area contributed by atoms with Crippen LogP contribution >= 0.6 is 0 Å². The molecule has 3 saturated carbocycles. The van der Waals surface area contributed by atoms with Gasteiger partial charge in [0.2, 0.25) is 0 Å². The Balaban J connectivity index is 1.48. The molecule has 0 spiro atoms. The summed E-state index contributed by atoms with van der Waals surface area (Å²) in [5, 5.41) is 10.8. The molecule has 0 amide bonds. The van der Waals surface area contributed by atoms with E-state index in [1.807, 2.05) is 6.07 Å². The van der Waals surface area contributed by atoms with E-state index in [2.05, 4.69) is 18.2 Å². The lowest BCUT2D eigenvalue weighted by Crippen LogP contribution is -2.37. The second-order valence-corrected chi connectivity index (χ2v) is 11.4. The van der Waals surface area contributed by atoms with Gasteiger partial charge in [-0.1, -0.05) is 81.6 Å². The van der Waals surface area contributed by atoms with Gasteiger partial charge in [0, 0.05) is 17.8 Å². The number of aromatic hydroxyl groups is 1. The molecule has 4 aliphatic carbocycles. The maximum absolute atomic E-state index is 13.0. The summed E-state index contributed by atoms with van der Waals surface area (Å²) in [7, 11) is 0. The van der Waals surface area contributed by atoms with E-state index in [4.69, 9.17) is 0 Å². The van der Waals surface area contributed by atoms with Crippen LogP contribution in [0.5, 0.6) is 5.75 Å². The summed E-state index contributed by atoms with van der Waals surface area (Å²) in [6, 6.07) is 6.60. The van der Waals surface area contributed by atoms with Crippen LogP contribution in [0.25, 0.3) is 0 Å². The molecule has 0 aliphatic heterocycles. The number of Topliss-reactive ketones (excluding diaryl/α,β-unsaturated/α-hetero) is 1. The van der Waals surface area contributed by atoms with Gasteiger partial charge >= 0.3 is 0 Å². The Bertz CT molecular complexity index is 832. The van der Waals surface area contributed by atoms with E-state index in [1.54, 1.807) is 5.57 Å². The maximum atomic E-state index is 13.0. The molecular weight excluding hydrogens is 392 g/mol. The summed E-state index contributed by atoms with van der Waals surface area (Å²) < 4.78 is 0. The fourth-order valence-electron chi connectivity index (χ4n) is 7.71. The monoisotopic (exact) mass is 434 g/mol. The minimum absolute atomic E-state index is 0.0863. The van der Waals surface area contributed by atoms with Gasteiger partial charge in [0.25, 0.3) is 0 Å². The lowest BCUT2D eigenvalue weighted by Gasteiger charge is -2.44. The number of phenols is 1. The van der Waals surface area contributed by atoms with Crippen molar-refractivity contribution in [1.29, 1.82) is 0 Å². The van der Waals surface area contributed by atoms with E-state index in [1.165, 1.54) is 107 Å². The first-order valence-corrected chi connectivity index (χ1v) is 13.7. The Morgan fingerprint density at radius 1 is 0.812 bits per heavy atom. The molecule has 5 rings (SSSR count). The highest BCUT2D eigenvalue weighted by atomic mass is 16.3. The number of ketones is 1. The molecule has 1 atom stereocenters. The Morgan fingerprint density at radius 2 is 1.47 bits per heavy atom. The van der Waals surface area contributed by atoms with Crippen LogP contribution in [-0.2, 0) is 10.2 Å². The number of hydrogen-bond acceptors (Lipinski definition) is 2. The molecule has 2 heteroatoms. The zero-order valence-corrected chi connectivity index (χ0v) is 19.9. The average molecular weight is 435 g/mol. The van der Waals surface area contributed by atoms with Gasteiger partial charge < -0.3 is 5.11 Å². The summed E-state index contributed by atoms with van der Waals surface area (Å²) in [6.07, 6.45) is 23.1. The van der Waals surface area contributed by atoms with Crippen LogP contribution in [0, 0.1) is 11.8 Å². The second kappa shape index (κ2) is 9.74. The van der Waals surface area contributed by atoms with Crippen molar-refractivity contribution in [2.24, 2.45) is 11.8 Å². The molecule has 0 aromatic heterocycles. The lowest BCUT2D eigenvalue weighted by atomic mass is 9.60. The highest BCUT2D eigenvalue weighted by molar-refractivity contribution is 5.84. The van der Waals surface area contributed by atoms with Gasteiger partial charge in [-0.25, -0.2) is 0 Å². The van der Waals surface area contributed by atoms with E-state index in [9.17, 15) is 9.90 Å². The Labute approximate surface area is 194 Å². The third-order valence-electron chi connectivity index (χ3n) is 9.57. The molecule has 0 radical (unpaired) electrons. The van der Waals surface area contributed by atoms with Gasteiger partial charge in [0.1, 0.15) is 11.5 Å². The van der Waals surface area contributed by atoms with Gasteiger partial charge in [-0.15, -0.1) is 0 Å². The molecule has 1 unspecified atom stereocenters. The van der Waals surface area contributed by atoms with Gasteiger partial charge in [-0.05, 0) is 74.0 Å². The predicted octanol–water partition coefficient (Wildman–Crippen LogP) is 8.13. The number of carbonyl (C=O) groups excluding carboxylic acids is 1. The van der Waals surface area contributed by atoms with E-state index in [-0.39, 0.29) is 11.3 Å². The first kappa shape index (κ1) is 22.2. The van der Waals surface area contributed by atoms with Crippen molar-refractivity contribution in [2.45, 2.75) is 120 Å². The van der Waals surface area contributed by atoms with Crippen LogP contribution < -0.4 is 0 Å². The maximum Gasteiger partial charge on any atom is 0.140 e. The lowest BCUT2D eigenvalue weighted by molar-refractivity contribution is -0.124. The number of hydrogen-bond donors (Lipinski definition) is 1. The average Bonchev–Trinajstić information content (AvgIpc) is 2.86. The molecule has 0 bridgehead atoms. The zero-order chi connectivity index (χ0) is 22.0. The minimum atomic E-state index is 0.0863. The van der Waals surface area contributed by atoms with Gasteiger partial charge in [-0.2, -0.15) is 0 Å². The standard InChI is InChI=1S/C30H42O2/c31-28-16-14-24(20-26(28)22-10-4-1-5-11-22)30(18-8-3-9-19-30)25-15-17-29(32)27(21-25)23-12-6-2-7-13-23/h14-16,20,22-23,27,31H,1-13,17-19,21H2. The number of allylic oxidation sites excluding steroid dienone is 2. The van der Waals surface area contributed by atoms with Gasteiger partial charge in [-0.3, -0.25) is 4.79 Å². The van der Waals surface area contributed by atoms with Crippen LogP contribution in [0.1, 0.15) is 126 Å². The molecule has 32 heavy (non-hydrogen) atoms. The summed E-state index contributed by atoms with van der Waals surface area (Å²) in [5.41, 5.74) is 4.28. The summed E-state index contributed by atoms with van der Waals surface area (Å²) >= 11 is 0. The summed E-state index contributed by atoms with van der Waals surface area (Å²) in [4.78, 5) is 13.0. The largest absolute Gasteiger partial charge is 0.508 e. The van der Waals surface area contributed by atoms with Crippen LogP contribution in [0.3, 0.4) is 0 Å². The van der Waals surface area contributed by atoms with E-state index >= 15 is 0 Å². The van der Waals surface area contributed by atoms with Gasteiger partial charge in [0.05, 0.1) is 0 Å². The van der Waals surface area contributed by atoms with E-state index in [0.29, 0.717) is 29.8 Å². The normalized spacial score (nSPS) is 27.8. The van der Waals surface area contributed by atoms with Crippen LogP contribution in [-0.4, -0.2) is 10.9 Å². The smallest absolute Gasteiger partial charge is 0.140 e. The molecule has 3 fully saturated rings. The highest BCUT2D eigenvalue weighted by Crippen LogP contribution is 2.51. The third kappa shape index (κ3) is 4.31. The van der Waals surface area contributed by atoms with Crippen molar-refractivity contribution in [3.63, 3.8) is 0 Å². The third-order valence-corrected chi connectivity index (χ3v) is 9.57.